The average molecular weight is 274 g/mol. The van der Waals surface area contributed by atoms with Crippen LogP contribution in [0.5, 0.6) is 0 Å². The minimum Gasteiger partial charge on any atom is -0.481 e. The molecule has 1 fully saturated rings. The van der Waals surface area contributed by atoms with E-state index >= 15 is 0 Å². The Bertz CT molecular complexity index is 299. The Morgan fingerprint density at radius 1 is 1.44 bits per heavy atom. The summed E-state index contributed by atoms with van der Waals surface area (Å²) in [5.74, 6) is -0.818. The van der Waals surface area contributed by atoms with Crippen LogP contribution in [-0.2, 0) is 4.79 Å². The number of carboxylic acid groups (broad SMARTS) is 1. The lowest BCUT2D eigenvalue weighted by molar-refractivity contribution is -0.137. The molecule has 0 spiro atoms. The van der Waals surface area contributed by atoms with Gasteiger partial charge in [0.1, 0.15) is 0 Å². The fourth-order valence-corrected chi connectivity index (χ4v) is 3.15. The second kappa shape index (κ2) is 7.51. The Labute approximate surface area is 112 Å². The first kappa shape index (κ1) is 15.1. The number of rotatable bonds is 6. The van der Waals surface area contributed by atoms with Gasteiger partial charge in [0, 0.05) is 31.3 Å². The molecule has 6 heteroatoms. The fourth-order valence-electron chi connectivity index (χ4n) is 2.21. The lowest BCUT2D eigenvalue weighted by Gasteiger charge is -2.24. The van der Waals surface area contributed by atoms with Gasteiger partial charge in [-0.15, -0.1) is 0 Å². The number of carbonyl (C=O) groups is 2. The van der Waals surface area contributed by atoms with E-state index in [4.69, 9.17) is 5.11 Å². The monoisotopic (exact) mass is 274 g/mol. The van der Waals surface area contributed by atoms with Crippen LogP contribution in [0.4, 0.5) is 4.79 Å². The molecule has 0 saturated heterocycles. The highest BCUT2D eigenvalue weighted by Crippen LogP contribution is 2.28. The summed E-state index contributed by atoms with van der Waals surface area (Å²) >= 11 is 1.81. The minimum atomic E-state index is -0.818. The summed E-state index contributed by atoms with van der Waals surface area (Å²) < 4.78 is 0. The predicted molar refractivity (Wildman–Crippen MR) is 73.0 cm³/mol. The predicted octanol–water partition coefficient (Wildman–Crippen LogP) is 1.78. The van der Waals surface area contributed by atoms with Crippen LogP contribution in [0.15, 0.2) is 0 Å². The van der Waals surface area contributed by atoms with Gasteiger partial charge < -0.3 is 15.3 Å². The molecule has 1 aliphatic rings. The third kappa shape index (κ3) is 4.76. The molecule has 0 radical (unpaired) electrons. The van der Waals surface area contributed by atoms with Crippen molar-refractivity contribution in [2.75, 3.05) is 19.8 Å². The lowest BCUT2D eigenvalue weighted by Crippen LogP contribution is -2.45. The van der Waals surface area contributed by atoms with Gasteiger partial charge in [-0.25, -0.2) is 4.79 Å². The normalized spacial score (nSPS) is 22.8. The quantitative estimate of drug-likeness (QED) is 0.774. The molecule has 1 rings (SSSR count). The van der Waals surface area contributed by atoms with E-state index in [-0.39, 0.29) is 18.5 Å². The molecule has 0 aromatic rings. The van der Waals surface area contributed by atoms with Crippen LogP contribution >= 0.6 is 11.8 Å². The summed E-state index contributed by atoms with van der Waals surface area (Å²) in [6, 6.07) is 0.167. The molecule has 0 aliphatic heterocycles. The van der Waals surface area contributed by atoms with Gasteiger partial charge in [-0.2, -0.15) is 11.8 Å². The Morgan fingerprint density at radius 3 is 2.78 bits per heavy atom. The van der Waals surface area contributed by atoms with Crippen molar-refractivity contribution in [3.63, 3.8) is 0 Å². The number of amides is 2. The van der Waals surface area contributed by atoms with Gasteiger partial charge in [0.15, 0.2) is 0 Å². The van der Waals surface area contributed by atoms with Crippen LogP contribution in [0.2, 0.25) is 0 Å². The van der Waals surface area contributed by atoms with E-state index in [2.05, 4.69) is 11.6 Å². The van der Waals surface area contributed by atoms with Gasteiger partial charge in [0.25, 0.3) is 0 Å². The molecule has 5 nitrogen and oxygen atoms in total. The Morgan fingerprint density at radius 2 is 2.17 bits per heavy atom. The molecule has 0 bridgehead atoms. The second-order valence-corrected chi connectivity index (χ2v) is 5.76. The summed E-state index contributed by atoms with van der Waals surface area (Å²) in [7, 11) is 1.71. The number of thioether (sulfide) groups is 1. The smallest absolute Gasteiger partial charge is 0.317 e. The zero-order valence-electron chi connectivity index (χ0n) is 11.0. The van der Waals surface area contributed by atoms with Crippen LogP contribution in [0.3, 0.4) is 0 Å². The van der Waals surface area contributed by atoms with Crippen molar-refractivity contribution in [1.29, 1.82) is 0 Å². The largest absolute Gasteiger partial charge is 0.481 e. The maximum Gasteiger partial charge on any atom is 0.317 e. The standard InChI is InChI=1S/C12H22N2O3S/c1-14(8-4-7-11(15)16)12(17)13-9-5-3-6-10(9)18-2/h9-10H,3-8H2,1-2H3,(H,13,17)(H,15,16). The van der Waals surface area contributed by atoms with Crippen molar-refractivity contribution in [2.24, 2.45) is 0 Å². The van der Waals surface area contributed by atoms with Crippen LogP contribution < -0.4 is 5.32 Å². The van der Waals surface area contributed by atoms with E-state index in [1.807, 2.05) is 0 Å². The zero-order valence-corrected chi connectivity index (χ0v) is 11.8. The highest BCUT2D eigenvalue weighted by molar-refractivity contribution is 7.99. The number of aliphatic carboxylic acids is 1. The number of nitrogens with one attached hydrogen (secondary N) is 1. The summed E-state index contributed by atoms with van der Waals surface area (Å²) in [4.78, 5) is 23.9. The number of carbonyl (C=O) groups excluding carboxylic acids is 1. The first-order valence-corrected chi connectivity index (χ1v) is 7.59. The van der Waals surface area contributed by atoms with Crippen molar-refractivity contribution < 1.29 is 14.7 Å². The molecule has 0 heterocycles. The molecule has 1 aliphatic carbocycles. The lowest BCUT2D eigenvalue weighted by atomic mass is 10.2. The van der Waals surface area contributed by atoms with Gasteiger partial charge in [-0.3, -0.25) is 4.79 Å². The van der Waals surface area contributed by atoms with Crippen molar-refractivity contribution in [3.05, 3.63) is 0 Å². The van der Waals surface area contributed by atoms with Gasteiger partial charge >= 0.3 is 12.0 Å². The summed E-state index contributed by atoms with van der Waals surface area (Å²) in [5, 5.41) is 12.1. The molecule has 18 heavy (non-hydrogen) atoms. The highest BCUT2D eigenvalue weighted by Gasteiger charge is 2.28. The van der Waals surface area contributed by atoms with Crippen LogP contribution in [0, 0.1) is 0 Å². The molecule has 2 amide bonds. The van der Waals surface area contributed by atoms with Gasteiger partial charge in [0.05, 0.1) is 0 Å². The topological polar surface area (TPSA) is 69.6 Å². The van der Waals surface area contributed by atoms with E-state index in [0.717, 1.165) is 12.8 Å². The minimum absolute atomic E-state index is 0.0914. The Kier molecular flexibility index (Phi) is 6.32. The third-order valence-electron chi connectivity index (χ3n) is 3.30. The average Bonchev–Trinajstić information content (AvgIpc) is 2.75. The summed E-state index contributed by atoms with van der Waals surface area (Å²) in [6.45, 7) is 0.481. The number of carboxylic acids is 1. The molecule has 2 atom stereocenters. The second-order valence-electron chi connectivity index (χ2n) is 4.68. The van der Waals surface area contributed by atoms with E-state index in [1.165, 1.54) is 6.42 Å². The van der Waals surface area contributed by atoms with Crippen molar-refractivity contribution in [3.8, 4) is 0 Å². The fraction of sp³-hybridized carbons (Fsp3) is 0.833. The third-order valence-corrected chi connectivity index (χ3v) is 4.46. The number of hydrogen-bond donors (Lipinski definition) is 2. The molecular weight excluding hydrogens is 252 g/mol. The van der Waals surface area contributed by atoms with E-state index < -0.39 is 5.97 Å². The molecule has 2 N–H and O–H groups in total. The SMILES string of the molecule is CSC1CCCC1NC(=O)N(C)CCCC(=O)O. The van der Waals surface area contributed by atoms with Gasteiger partial charge in [-0.05, 0) is 25.5 Å². The maximum atomic E-state index is 11.9. The zero-order chi connectivity index (χ0) is 13.5. The first-order chi connectivity index (χ1) is 8.54. The molecule has 0 aromatic carbocycles. The Balaban J connectivity index is 2.28. The van der Waals surface area contributed by atoms with Crippen LogP contribution in [0.1, 0.15) is 32.1 Å². The number of urea groups is 1. The highest BCUT2D eigenvalue weighted by atomic mass is 32.2. The van der Waals surface area contributed by atoms with Crippen LogP contribution in [0.25, 0.3) is 0 Å². The summed E-state index contributed by atoms with van der Waals surface area (Å²) in [5.41, 5.74) is 0. The molecule has 0 aromatic heterocycles. The molecule has 2 unspecified atom stereocenters. The van der Waals surface area contributed by atoms with E-state index in [0.29, 0.717) is 18.2 Å². The van der Waals surface area contributed by atoms with Crippen molar-refractivity contribution >= 4 is 23.8 Å². The molecular formula is C12H22N2O3S. The molecule has 104 valence electrons. The van der Waals surface area contributed by atoms with Crippen molar-refractivity contribution in [2.45, 2.75) is 43.4 Å². The van der Waals surface area contributed by atoms with E-state index in [1.54, 1.807) is 23.7 Å². The van der Waals surface area contributed by atoms with Crippen LogP contribution in [-0.4, -0.2) is 53.1 Å². The van der Waals surface area contributed by atoms with Crippen molar-refractivity contribution in [1.82, 2.24) is 10.2 Å². The van der Waals surface area contributed by atoms with Gasteiger partial charge in [0.2, 0.25) is 0 Å². The number of nitrogens with zero attached hydrogens (tertiary/aromatic N) is 1. The van der Waals surface area contributed by atoms with Gasteiger partial charge in [-0.1, -0.05) is 6.42 Å². The summed E-state index contributed by atoms with van der Waals surface area (Å²) in [6.07, 6.45) is 6.05. The maximum absolute atomic E-state index is 11.9. The number of hydrogen-bond acceptors (Lipinski definition) is 3. The van der Waals surface area contributed by atoms with E-state index in [9.17, 15) is 9.59 Å². The Hall–Kier alpha value is -0.910. The molecule has 1 saturated carbocycles. The first-order valence-electron chi connectivity index (χ1n) is 6.30.